The minimum absolute atomic E-state index is 0.445. The molecule has 1 rings (SSSR count). The van der Waals surface area contributed by atoms with Crippen LogP contribution >= 0.6 is 0 Å². The second-order valence-corrected chi connectivity index (χ2v) is 4.02. The fraction of sp³-hybridized carbons (Fsp3) is 0.571. The molecule has 0 aliphatic heterocycles. The number of nitrogens with one attached hydrogen (secondary N) is 1. The maximum absolute atomic E-state index is 5.32. The second kappa shape index (κ2) is 7.42. The topological polar surface area (TPSA) is 21.3 Å². The lowest BCUT2D eigenvalue weighted by atomic mass is 10.0. The highest BCUT2D eigenvalue weighted by Gasteiger charge is 2.07. The summed E-state index contributed by atoms with van der Waals surface area (Å²) in [6, 6.07) is 9.19. The first-order valence-electron chi connectivity index (χ1n) is 6.15. The van der Waals surface area contributed by atoms with Gasteiger partial charge >= 0.3 is 0 Å². The molecule has 0 heterocycles. The van der Waals surface area contributed by atoms with E-state index in [2.05, 4.69) is 43.4 Å². The van der Waals surface area contributed by atoms with Crippen molar-refractivity contribution in [1.82, 2.24) is 5.32 Å². The van der Waals surface area contributed by atoms with Gasteiger partial charge in [-0.25, -0.2) is 0 Å². The minimum Gasteiger partial charge on any atom is -0.380 e. The van der Waals surface area contributed by atoms with E-state index in [1.54, 1.807) is 0 Å². The first kappa shape index (κ1) is 13.2. The van der Waals surface area contributed by atoms with Crippen molar-refractivity contribution in [3.63, 3.8) is 0 Å². The van der Waals surface area contributed by atoms with Crippen molar-refractivity contribution < 1.29 is 4.74 Å². The average molecular weight is 221 g/mol. The molecule has 1 unspecified atom stereocenters. The Morgan fingerprint density at radius 3 is 2.44 bits per heavy atom. The van der Waals surface area contributed by atoms with Gasteiger partial charge in [0.2, 0.25) is 0 Å². The second-order valence-electron chi connectivity index (χ2n) is 4.02. The largest absolute Gasteiger partial charge is 0.380 e. The first-order chi connectivity index (χ1) is 7.77. The van der Waals surface area contributed by atoms with E-state index in [9.17, 15) is 0 Å². The lowest BCUT2D eigenvalue weighted by molar-refractivity contribution is 0.146. The molecule has 0 aliphatic rings. The van der Waals surface area contributed by atoms with Gasteiger partial charge in [0.25, 0.3) is 0 Å². The summed E-state index contributed by atoms with van der Waals surface area (Å²) in [7, 11) is 0. The fourth-order valence-corrected chi connectivity index (χ4v) is 1.75. The minimum atomic E-state index is 0.445. The lowest BCUT2D eigenvalue weighted by Gasteiger charge is -2.17. The van der Waals surface area contributed by atoms with Crippen LogP contribution in [0.2, 0.25) is 0 Å². The van der Waals surface area contributed by atoms with E-state index < -0.39 is 0 Å². The van der Waals surface area contributed by atoms with Crippen LogP contribution in [0.5, 0.6) is 0 Å². The van der Waals surface area contributed by atoms with E-state index in [0.29, 0.717) is 6.04 Å². The maximum atomic E-state index is 5.32. The van der Waals surface area contributed by atoms with Crippen LogP contribution in [0.4, 0.5) is 0 Å². The standard InChI is InChI=1S/C14H23NO/c1-4-14(15-10-11-16-5-2)13-8-6-12(3)7-9-13/h6-9,14-15H,4-5,10-11H2,1-3H3. The summed E-state index contributed by atoms with van der Waals surface area (Å²) in [5.41, 5.74) is 2.68. The van der Waals surface area contributed by atoms with Gasteiger partial charge in [0.05, 0.1) is 6.61 Å². The van der Waals surface area contributed by atoms with Crippen molar-refractivity contribution in [2.45, 2.75) is 33.2 Å². The summed E-state index contributed by atoms with van der Waals surface area (Å²) in [4.78, 5) is 0. The molecule has 0 aromatic heterocycles. The Morgan fingerprint density at radius 2 is 1.88 bits per heavy atom. The molecule has 2 nitrogen and oxygen atoms in total. The number of rotatable bonds is 7. The van der Waals surface area contributed by atoms with Gasteiger partial charge in [-0.1, -0.05) is 36.8 Å². The molecular weight excluding hydrogens is 198 g/mol. The molecule has 16 heavy (non-hydrogen) atoms. The quantitative estimate of drug-likeness (QED) is 0.714. The van der Waals surface area contributed by atoms with Crippen molar-refractivity contribution in [2.24, 2.45) is 0 Å². The highest BCUT2D eigenvalue weighted by Crippen LogP contribution is 2.16. The van der Waals surface area contributed by atoms with Crippen LogP contribution in [-0.4, -0.2) is 19.8 Å². The molecule has 0 bridgehead atoms. The van der Waals surface area contributed by atoms with Crippen LogP contribution in [-0.2, 0) is 4.74 Å². The van der Waals surface area contributed by atoms with E-state index in [0.717, 1.165) is 26.2 Å². The third-order valence-electron chi connectivity index (χ3n) is 2.73. The summed E-state index contributed by atoms with van der Waals surface area (Å²) >= 11 is 0. The van der Waals surface area contributed by atoms with E-state index in [1.165, 1.54) is 11.1 Å². The average Bonchev–Trinajstić information content (AvgIpc) is 2.31. The van der Waals surface area contributed by atoms with Crippen LogP contribution < -0.4 is 5.32 Å². The summed E-state index contributed by atoms with van der Waals surface area (Å²) in [5, 5.41) is 3.51. The zero-order valence-corrected chi connectivity index (χ0v) is 10.6. The Morgan fingerprint density at radius 1 is 1.19 bits per heavy atom. The Kier molecular flexibility index (Phi) is 6.12. The van der Waals surface area contributed by atoms with E-state index in [1.807, 2.05) is 6.92 Å². The predicted octanol–water partition coefficient (Wildman–Crippen LogP) is 3.07. The van der Waals surface area contributed by atoms with Crippen molar-refractivity contribution >= 4 is 0 Å². The maximum Gasteiger partial charge on any atom is 0.0590 e. The molecule has 0 saturated carbocycles. The number of benzene rings is 1. The van der Waals surface area contributed by atoms with E-state index in [4.69, 9.17) is 4.74 Å². The van der Waals surface area contributed by atoms with E-state index in [-0.39, 0.29) is 0 Å². The lowest BCUT2D eigenvalue weighted by Crippen LogP contribution is -2.24. The molecule has 1 atom stereocenters. The van der Waals surface area contributed by atoms with Gasteiger partial charge in [-0.2, -0.15) is 0 Å². The van der Waals surface area contributed by atoms with Gasteiger partial charge in [0.1, 0.15) is 0 Å². The Hall–Kier alpha value is -0.860. The van der Waals surface area contributed by atoms with Gasteiger partial charge in [-0.3, -0.25) is 0 Å². The molecule has 0 saturated heterocycles. The molecule has 0 fully saturated rings. The highest BCUT2D eigenvalue weighted by atomic mass is 16.5. The first-order valence-corrected chi connectivity index (χ1v) is 6.15. The van der Waals surface area contributed by atoms with Crippen LogP contribution in [0.25, 0.3) is 0 Å². The molecule has 0 spiro atoms. The van der Waals surface area contributed by atoms with Crippen LogP contribution in [0.15, 0.2) is 24.3 Å². The molecular formula is C14H23NO. The third kappa shape index (κ3) is 4.33. The van der Waals surface area contributed by atoms with Crippen molar-refractivity contribution in [1.29, 1.82) is 0 Å². The molecule has 2 heteroatoms. The van der Waals surface area contributed by atoms with Gasteiger partial charge in [-0.05, 0) is 25.8 Å². The summed E-state index contributed by atoms with van der Waals surface area (Å²) in [5.74, 6) is 0. The summed E-state index contributed by atoms with van der Waals surface area (Å²) < 4.78 is 5.32. The monoisotopic (exact) mass is 221 g/mol. The summed E-state index contributed by atoms with van der Waals surface area (Å²) in [6.07, 6.45) is 1.11. The highest BCUT2D eigenvalue weighted by molar-refractivity contribution is 5.23. The normalized spacial score (nSPS) is 12.7. The number of hydrogen-bond donors (Lipinski definition) is 1. The van der Waals surface area contributed by atoms with Gasteiger partial charge in [0, 0.05) is 19.2 Å². The van der Waals surface area contributed by atoms with Crippen molar-refractivity contribution in [3.8, 4) is 0 Å². The van der Waals surface area contributed by atoms with Crippen molar-refractivity contribution in [2.75, 3.05) is 19.8 Å². The number of aryl methyl sites for hydroxylation is 1. The fourth-order valence-electron chi connectivity index (χ4n) is 1.75. The summed E-state index contributed by atoms with van der Waals surface area (Å²) in [6.45, 7) is 8.85. The van der Waals surface area contributed by atoms with Gasteiger partial charge in [-0.15, -0.1) is 0 Å². The van der Waals surface area contributed by atoms with Crippen LogP contribution in [0, 0.1) is 6.92 Å². The van der Waals surface area contributed by atoms with E-state index >= 15 is 0 Å². The molecule has 0 aliphatic carbocycles. The Labute approximate surface area is 99.0 Å². The van der Waals surface area contributed by atoms with Crippen LogP contribution in [0.1, 0.15) is 37.4 Å². The SMILES string of the molecule is CCOCCNC(CC)c1ccc(C)cc1. The number of ether oxygens (including phenoxy) is 1. The predicted molar refractivity (Wildman–Crippen MR) is 68.7 cm³/mol. The molecule has 0 radical (unpaired) electrons. The zero-order valence-electron chi connectivity index (χ0n) is 10.6. The van der Waals surface area contributed by atoms with Crippen LogP contribution in [0.3, 0.4) is 0 Å². The van der Waals surface area contributed by atoms with Gasteiger partial charge in [0.15, 0.2) is 0 Å². The third-order valence-corrected chi connectivity index (χ3v) is 2.73. The molecule has 1 aromatic rings. The molecule has 1 N–H and O–H groups in total. The molecule has 0 amide bonds. The molecule has 90 valence electrons. The Bertz CT molecular complexity index is 281. The smallest absolute Gasteiger partial charge is 0.0590 e. The zero-order chi connectivity index (χ0) is 11.8. The molecule has 1 aromatic carbocycles. The Balaban J connectivity index is 2.44. The van der Waals surface area contributed by atoms with Crippen molar-refractivity contribution in [3.05, 3.63) is 35.4 Å². The number of hydrogen-bond acceptors (Lipinski definition) is 2. The van der Waals surface area contributed by atoms with Gasteiger partial charge < -0.3 is 10.1 Å².